The first-order valence-electron chi connectivity index (χ1n) is 7.33. The fourth-order valence-electron chi connectivity index (χ4n) is 2.82. The lowest BCUT2D eigenvalue weighted by molar-refractivity contribution is 0.797. The molecule has 120 valence electrons. The number of aryl methyl sites for hydroxylation is 1. The van der Waals surface area contributed by atoms with Crippen LogP contribution in [0.5, 0.6) is 0 Å². The fourth-order valence-corrected chi connectivity index (χ4v) is 3.29. The summed E-state index contributed by atoms with van der Waals surface area (Å²) < 4.78 is 3.51. The van der Waals surface area contributed by atoms with Crippen LogP contribution in [0, 0.1) is 6.92 Å². The van der Waals surface area contributed by atoms with Crippen molar-refractivity contribution < 1.29 is 0 Å². The highest BCUT2D eigenvalue weighted by Crippen LogP contribution is 2.25. The second kappa shape index (κ2) is 5.61. The Labute approximate surface area is 147 Å². The number of para-hydroxylation sites is 2. The van der Waals surface area contributed by atoms with Crippen LogP contribution in [0.25, 0.3) is 16.8 Å². The van der Waals surface area contributed by atoms with Gasteiger partial charge in [-0.1, -0.05) is 41.4 Å². The summed E-state index contributed by atoms with van der Waals surface area (Å²) in [6, 6.07) is 13.0. The lowest BCUT2D eigenvalue weighted by Crippen LogP contribution is -2.19. The van der Waals surface area contributed by atoms with Crippen LogP contribution in [-0.2, 0) is 6.54 Å². The molecule has 5 nitrogen and oxygen atoms in total. The van der Waals surface area contributed by atoms with Crippen molar-refractivity contribution in [2.24, 2.45) is 0 Å². The van der Waals surface area contributed by atoms with Gasteiger partial charge in [0.05, 0.1) is 17.6 Å². The molecule has 24 heavy (non-hydrogen) atoms. The van der Waals surface area contributed by atoms with Crippen LogP contribution in [0.1, 0.15) is 11.3 Å². The summed E-state index contributed by atoms with van der Waals surface area (Å²) in [4.78, 5) is 12.5. The van der Waals surface area contributed by atoms with Crippen LogP contribution in [0.3, 0.4) is 0 Å². The van der Waals surface area contributed by atoms with E-state index in [9.17, 15) is 4.79 Å². The number of aromatic nitrogens is 4. The minimum atomic E-state index is -0.169. The topological polar surface area (TPSA) is 52.2 Å². The third-order valence-corrected chi connectivity index (χ3v) is 4.59. The Morgan fingerprint density at radius 1 is 1.04 bits per heavy atom. The summed E-state index contributed by atoms with van der Waals surface area (Å²) in [5, 5.41) is 9.36. The van der Waals surface area contributed by atoms with E-state index < -0.39 is 0 Å². The highest BCUT2D eigenvalue weighted by Gasteiger charge is 2.15. The maximum absolute atomic E-state index is 12.5. The van der Waals surface area contributed by atoms with Crippen molar-refractivity contribution in [1.82, 2.24) is 19.2 Å². The van der Waals surface area contributed by atoms with E-state index in [0.29, 0.717) is 28.1 Å². The van der Waals surface area contributed by atoms with Crippen LogP contribution in [0.4, 0.5) is 0 Å². The Bertz CT molecular complexity index is 1150. The number of nitrogens with zero attached hydrogens (tertiary/aromatic N) is 4. The minimum Gasteiger partial charge on any atom is -0.304 e. The SMILES string of the molecule is Cc1nnc2n(Cc3ccc(Cl)cc3Cl)c3ccccc3n2c1=O. The van der Waals surface area contributed by atoms with Crippen molar-refractivity contribution in [3.8, 4) is 0 Å². The van der Waals surface area contributed by atoms with Crippen LogP contribution >= 0.6 is 23.2 Å². The van der Waals surface area contributed by atoms with E-state index in [0.717, 1.165) is 16.6 Å². The van der Waals surface area contributed by atoms with Crippen molar-refractivity contribution in [2.45, 2.75) is 13.5 Å². The van der Waals surface area contributed by atoms with Gasteiger partial charge in [-0.05, 0) is 36.8 Å². The van der Waals surface area contributed by atoms with E-state index >= 15 is 0 Å². The Hall–Kier alpha value is -2.37. The second-order valence-electron chi connectivity index (χ2n) is 5.54. The van der Waals surface area contributed by atoms with Crippen molar-refractivity contribution in [3.05, 3.63) is 74.1 Å². The summed E-state index contributed by atoms with van der Waals surface area (Å²) in [5.41, 5.74) is 2.76. The van der Waals surface area contributed by atoms with Gasteiger partial charge in [0.25, 0.3) is 5.56 Å². The van der Waals surface area contributed by atoms with Gasteiger partial charge in [0, 0.05) is 10.0 Å². The number of fused-ring (bicyclic) bond motifs is 3. The summed E-state index contributed by atoms with van der Waals surface area (Å²) in [6.45, 7) is 2.12. The van der Waals surface area contributed by atoms with Gasteiger partial charge in [0.2, 0.25) is 5.78 Å². The Balaban J connectivity index is 2.03. The smallest absolute Gasteiger partial charge is 0.281 e. The molecule has 0 aliphatic heterocycles. The van der Waals surface area contributed by atoms with Crippen LogP contribution in [0.2, 0.25) is 10.0 Å². The summed E-state index contributed by atoms with van der Waals surface area (Å²) >= 11 is 12.3. The molecule has 2 heterocycles. The minimum absolute atomic E-state index is 0.169. The molecule has 0 aliphatic rings. The summed E-state index contributed by atoms with van der Waals surface area (Å²) in [5.74, 6) is 0.484. The molecule has 0 N–H and O–H groups in total. The zero-order chi connectivity index (χ0) is 16.8. The predicted octanol–water partition coefficient (Wildman–Crippen LogP) is 3.71. The van der Waals surface area contributed by atoms with Gasteiger partial charge >= 0.3 is 0 Å². The van der Waals surface area contributed by atoms with Gasteiger partial charge in [-0.25, -0.2) is 4.40 Å². The average Bonchev–Trinajstić information content (AvgIpc) is 2.88. The molecule has 4 aromatic rings. The van der Waals surface area contributed by atoms with Crippen molar-refractivity contribution in [3.63, 3.8) is 0 Å². The molecule has 0 aliphatic carbocycles. The molecule has 0 atom stereocenters. The number of halogens is 2. The third kappa shape index (κ3) is 2.28. The first-order valence-corrected chi connectivity index (χ1v) is 8.09. The van der Waals surface area contributed by atoms with E-state index in [4.69, 9.17) is 23.2 Å². The van der Waals surface area contributed by atoms with E-state index in [1.807, 2.05) is 34.9 Å². The Morgan fingerprint density at radius 3 is 2.54 bits per heavy atom. The largest absolute Gasteiger partial charge is 0.304 e. The van der Waals surface area contributed by atoms with Crippen molar-refractivity contribution in [2.75, 3.05) is 0 Å². The van der Waals surface area contributed by atoms with Gasteiger partial charge in [-0.2, -0.15) is 0 Å². The standard InChI is InChI=1S/C17H12Cl2N4O/c1-10-16(24)23-15-5-3-2-4-14(15)22(17(23)21-20-10)9-11-6-7-12(18)8-13(11)19/h2-8H,9H2,1H3. The fraction of sp³-hybridized carbons (Fsp3) is 0.118. The van der Waals surface area contributed by atoms with E-state index in [-0.39, 0.29) is 5.56 Å². The Morgan fingerprint density at radius 2 is 1.79 bits per heavy atom. The van der Waals surface area contributed by atoms with Crippen molar-refractivity contribution in [1.29, 1.82) is 0 Å². The molecule has 0 radical (unpaired) electrons. The average molecular weight is 359 g/mol. The van der Waals surface area contributed by atoms with Gasteiger partial charge in [-0.15, -0.1) is 10.2 Å². The van der Waals surface area contributed by atoms with Gasteiger partial charge < -0.3 is 4.57 Å². The van der Waals surface area contributed by atoms with E-state index in [2.05, 4.69) is 10.2 Å². The molecule has 4 rings (SSSR count). The number of hydrogen-bond acceptors (Lipinski definition) is 3. The Kier molecular flexibility index (Phi) is 3.55. The summed E-state index contributed by atoms with van der Waals surface area (Å²) in [7, 11) is 0. The zero-order valence-corrected chi connectivity index (χ0v) is 14.2. The van der Waals surface area contributed by atoms with Gasteiger partial charge in [-0.3, -0.25) is 4.79 Å². The number of imidazole rings is 1. The first-order chi connectivity index (χ1) is 11.6. The van der Waals surface area contributed by atoms with Crippen molar-refractivity contribution >= 4 is 40.0 Å². The molecule has 2 aromatic carbocycles. The van der Waals surface area contributed by atoms with Gasteiger partial charge in [0.15, 0.2) is 0 Å². The molecule has 0 saturated carbocycles. The first kappa shape index (κ1) is 15.2. The molecule has 0 fully saturated rings. The molecule has 0 spiro atoms. The van der Waals surface area contributed by atoms with Gasteiger partial charge in [0.1, 0.15) is 5.69 Å². The summed E-state index contributed by atoms with van der Waals surface area (Å²) in [6.07, 6.45) is 0. The molecule has 0 unspecified atom stereocenters. The molecular weight excluding hydrogens is 347 g/mol. The predicted molar refractivity (Wildman–Crippen MR) is 95.1 cm³/mol. The highest BCUT2D eigenvalue weighted by atomic mass is 35.5. The van der Waals surface area contributed by atoms with E-state index in [1.165, 1.54) is 0 Å². The lowest BCUT2D eigenvalue weighted by Gasteiger charge is -2.08. The molecule has 7 heteroatoms. The van der Waals surface area contributed by atoms with E-state index in [1.54, 1.807) is 23.5 Å². The van der Waals surface area contributed by atoms with Crippen LogP contribution in [-0.4, -0.2) is 19.2 Å². The monoisotopic (exact) mass is 358 g/mol. The number of benzene rings is 2. The molecule has 0 saturated heterocycles. The van der Waals surface area contributed by atoms with Crippen LogP contribution in [0.15, 0.2) is 47.3 Å². The number of hydrogen-bond donors (Lipinski definition) is 0. The number of rotatable bonds is 2. The molecular formula is C17H12Cl2N4O. The maximum atomic E-state index is 12.5. The lowest BCUT2D eigenvalue weighted by atomic mass is 10.2. The third-order valence-electron chi connectivity index (χ3n) is 4.00. The zero-order valence-electron chi connectivity index (χ0n) is 12.7. The molecule has 0 bridgehead atoms. The van der Waals surface area contributed by atoms with Crippen LogP contribution < -0.4 is 5.56 Å². The second-order valence-corrected chi connectivity index (χ2v) is 6.38. The highest BCUT2D eigenvalue weighted by molar-refractivity contribution is 6.35. The quantitative estimate of drug-likeness (QED) is 0.548. The maximum Gasteiger partial charge on any atom is 0.281 e. The molecule has 0 amide bonds. The normalized spacial score (nSPS) is 11.5. The molecule has 2 aromatic heterocycles.